The summed E-state index contributed by atoms with van der Waals surface area (Å²) in [5.74, 6) is 0.786. The molecule has 2 atom stereocenters. The van der Waals surface area contributed by atoms with Crippen LogP contribution in [-0.4, -0.2) is 6.10 Å². The van der Waals surface area contributed by atoms with E-state index in [0.29, 0.717) is 6.10 Å². The van der Waals surface area contributed by atoms with E-state index in [2.05, 4.69) is 31.2 Å². The van der Waals surface area contributed by atoms with Gasteiger partial charge >= 0.3 is 0 Å². The van der Waals surface area contributed by atoms with Crippen molar-refractivity contribution in [3.05, 3.63) is 35.9 Å². The van der Waals surface area contributed by atoms with Gasteiger partial charge in [0.2, 0.25) is 0 Å². The summed E-state index contributed by atoms with van der Waals surface area (Å²) in [5, 5.41) is 0. The molecule has 0 heterocycles. The Morgan fingerprint density at radius 3 is 2.46 bits per heavy atom. The summed E-state index contributed by atoms with van der Waals surface area (Å²) in [6.45, 7) is 3.01. The molecule has 0 bridgehead atoms. The second kappa shape index (κ2) is 4.40. The van der Waals surface area contributed by atoms with Gasteiger partial charge < -0.3 is 10.9 Å². The highest BCUT2D eigenvalue weighted by molar-refractivity contribution is 5.13. The molecule has 1 fully saturated rings. The van der Waals surface area contributed by atoms with Crippen LogP contribution < -0.4 is 6.15 Å². The molecule has 1 unspecified atom stereocenters. The normalized spacial score (nSPS) is 25.0. The zero-order valence-electron chi connectivity index (χ0n) is 8.07. The molecule has 2 rings (SSSR count). The predicted octanol–water partition coefficient (Wildman–Crippen LogP) is 2.77. The first-order valence-corrected chi connectivity index (χ1v) is 4.52. The average molecular weight is 179 g/mol. The molecule has 1 aliphatic rings. The maximum absolute atomic E-state index is 5.65. The minimum Gasteiger partial charge on any atom is -0.373 e. The highest BCUT2D eigenvalue weighted by atomic mass is 16.5. The molecule has 2 nitrogen and oxygen atoms in total. The van der Waals surface area contributed by atoms with Gasteiger partial charge in [0.25, 0.3) is 0 Å². The van der Waals surface area contributed by atoms with Gasteiger partial charge in [-0.25, -0.2) is 0 Å². The van der Waals surface area contributed by atoms with Crippen LogP contribution in [0.2, 0.25) is 0 Å². The van der Waals surface area contributed by atoms with Crippen LogP contribution in [0.5, 0.6) is 0 Å². The van der Waals surface area contributed by atoms with Gasteiger partial charge in [0.15, 0.2) is 0 Å². The SMILES string of the molecule is CC1C[C@H]1OCc1ccccc1.N. The number of hydrogen-bond acceptors (Lipinski definition) is 2. The third kappa shape index (κ3) is 2.83. The fourth-order valence-corrected chi connectivity index (χ4v) is 1.30. The van der Waals surface area contributed by atoms with E-state index in [9.17, 15) is 0 Å². The summed E-state index contributed by atoms with van der Waals surface area (Å²) >= 11 is 0. The molecular formula is C11H17NO. The van der Waals surface area contributed by atoms with E-state index < -0.39 is 0 Å². The Kier molecular flexibility index (Phi) is 3.46. The van der Waals surface area contributed by atoms with Crippen molar-refractivity contribution in [2.75, 3.05) is 0 Å². The van der Waals surface area contributed by atoms with E-state index in [4.69, 9.17) is 4.74 Å². The standard InChI is InChI=1S/C11H14O.H3N/c1-9-7-11(9)12-8-10-5-3-2-4-6-10;/h2-6,9,11H,7-8H2,1H3;1H3/t9?,11-;/m1./s1. The Balaban J connectivity index is 0.000000845. The Morgan fingerprint density at radius 1 is 1.31 bits per heavy atom. The van der Waals surface area contributed by atoms with Crippen molar-refractivity contribution in [1.82, 2.24) is 6.15 Å². The van der Waals surface area contributed by atoms with Crippen LogP contribution in [0.1, 0.15) is 18.9 Å². The van der Waals surface area contributed by atoms with E-state index in [1.807, 2.05) is 6.07 Å². The van der Waals surface area contributed by atoms with Crippen molar-refractivity contribution in [2.24, 2.45) is 5.92 Å². The zero-order valence-corrected chi connectivity index (χ0v) is 8.07. The van der Waals surface area contributed by atoms with Gasteiger partial charge in [-0.1, -0.05) is 37.3 Å². The molecule has 3 N–H and O–H groups in total. The monoisotopic (exact) mass is 179 g/mol. The van der Waals surface area contributed by atoms with Crippen LogP contribution in [0.4, 0.5) is 0 Å². The minimum atomic E-state index is 0. The molecule has 1 aromatic rings. The maximum Gasteiger partial charge on any atom is 0.0720 e. The minimum absolute atomic E-state index is 0. The summed E-state index contributed by atoms with van der Waals surface area (Å²) < 4.78 is 5.65. The molecule has 0 spiro atoms. The van der Waals surface area contributed by atoms with Gasteiger partial charge in [-0.3, -0.25) is 0 Å². The van der Waals surface area contributed by atoms with Gasteiger partial charge in [-0.15, -0.1) is 0 Å². The largest absolute Gasteiger partial charge is 0.373 e. The molecule has 0 radical (unpaired) electrons. The Labute approximate surface area is 79.5 Å². The fraction of sp³-hybridized carbons (Fsp3) is 0.455. The Morgan fingerprint density at radius 2 is 1.92 bits per heavy atom. The summed E-state index contributed by atoms with van der Waals surface area (Å²) in [6.07, 6.45) is 1.78. The predicted molar refractivity (Wildman–Crippen MR) is 53.8 cm³/mol. The molecule has 1 aliphatic carbocycles. The lowest BCUT2D eigenvalue weighted by Gasteiger charge is -2.01. The average Bonchev–Trinajstić information content (AvgIpc) is 2.81. The van der Waals surface area contributed by atoms with E-state index in [1.165, 1.54) is 12.0 Å². The second-order valence-corrected chi connectivity index (χ2v) is 3.55. The van der Waals surface area contributed by atoms with Crippen LogP contribution in [0, 0.1) is 5.92 Å². The Hall–Kier alpha value is -0.860. The highest BCUT2D eigenvalue weighted by Gasteiger charge is 2.33. The summed E-state index contributed by atoms with van der Waals surface area (Å²) in [6, 6.07) is 10.3. The van der Waals surface area contributed by atoms with Gasteiger partial charge in [0.1, 0.15) is 0 Å². The van der Waals surface area contributed by atoms with E-state index >= 15 is 0 Å². The van der Waals surface area contributed by atoms with Crippen molar-refractivity contribution in [2.45, 2.75) is 26.1 Å². The summed E-state index contributed by atoms with van der Waals surface area (Å²) in [5.41, 5.74) is 1.27. The Bertz CT molecular complexity index is 248. The molecule has 1 aromatic carbocycles. The van der Waals surface area contributed by atoms with Crippen LogP contribution in [0.25, 0.3) is 0 Å². The summed E-state index contributed by atoms with van der Waals surface area (Å²) in [7, 11) is 0. The van der Waals surface area contributed by atoms with Crippen molar-refractivity contribution in [3.63, 3.8) is 0 Å². The molecule has 2 heteroatoms. The van der Waals surface area contributed by atoms with Gasteiger partial charge in [0.05, 0.1) is 12.7 Å². The first-order valence-electron chi connectivity index (χ1n) is 4.52. The van der Waals surface area contributed by atoms with Crippen molar-refractivity contribution in [3.8, 4) is 0 Å². The molecule has 72 valence electrons. The van der Waals surface area contributed by atoms with Gasteiger partial charge in [-0.2, -0.15) is 0 Å². The lowest BCUT2D eigenvalue weighted by Crippen LogP contribution is -1.95. The van der Waals surface area contributed by atoms with Crippen molar-refractivity contribution in [1.29, 1.82) is 0 Å². The lowest BCUT2D eigenvalue weighted by molar-refractivity contribution is 0.0971. The van der Waals surface area contributed by atoms with Crippen LogP contribution in [-0.2, 0) is 11.3 Å². The van der Waals surface area contributed by atoms with Crippen LogP contribution >= 0.6 is 0 Å². The highest BCUT2D eigenvalue weighted by Crippen LogP contribution is 2.33. The fourth-order valence-electron chi connectivity index (χ4n) is 1.30. The van der Waals surface area contributed by atoms with Crippen LogP contribution in [0.15, 0.2) is 30.3 Å². The lowest BCUT2D eigenvalue weighted by atomic mass is 10.2. The van der Waals surface area contributed by atoms with E-state index in [1.54, 1.807) is 0 Å². The van der Waals surface area contributed by atoms with E-state index in [-0.39, 0.29) is 6.15 Å². The quantitative estimate of drug-likeness (QED) is 0.775. The first-order chi connectivity index (χ1) is 5.86. The molecule has 1 saturated carbocycles. The van der Waals surface area contributed by atoms with E-state index in [0.717, 1.165) is 12.5 Å². The molecule has 13 heavy (non-hydrogen) atoms. The smallest absolute Gasteiger partial charge is 0.0720 e. The maximum atomic E-state index is 5.65. The summed E-state index contributed by atoms with van der Waals surface area (Å²) in [4.78, 5) is 0. The molecular weight excluding hydrogens is 162 g/mol. The number of benzene rings is 1. The van der Waals surface area contributed by atoms with Crippen LogP contribution in [0.3, 0.4) is 0 Å². The first kappa shape index (κ1) is 10.2. The second-order valence-electron chi connectivity index (χ2n) is 3.55. The topological polar surface area (TPSA) is 44.2 Å². The van der Waals surface area contributed by atoms with Crippen molar-refractivity contribution >= 4 is 0 Å². The molecule has 0 amide bonds. The third-order valence-corrected chi connectivity index (χ3v) is 2.34. The van der Waals surface area contributed by atoms with Gasteiger partial charge in [0, 0.05) is 0 Å². The number of ether oxygens (including phenoxy) is 1. The molecule has 0 aliphatic heterocycles. The number of hydrogen-bond donors (Lipinski definition) is 1. The molecule has 0 saturated heterocycles. The number of rotatable bonds is 3. The molecule has 0 aromatic heterocycles. The third-order valence-electron chi connectivity index (χ3n) is 2.34. The van der Waals surface area contributed by atoms with Crippen molar-refractivity contribution < 1.29 is 4.74 Å². The van der Waals surface area contributed by atoms with Gasteiger partial charge in [-0.05, 0) is 17.9 Å². The zero-order chi connectivity index (χ0) is 8.39.